The van der Waals surface area contributed by atoms with Crippen LogP contribution in [0, 0.1) is 6.92 Å². The summed E-state index contributed by atoms with van der Waals surface area (Å²) in [6.45, 7) is 7.24. The topological polar surface area (TPSA) is 94.5 Å². The molecule has 3 aromatic rings. The van der Waals surface area contributed by atoms with E-state index in [0.29, 0.717) is 37.6 Å². The average molecular weight is 396 g/mol. The zero-order valence-electron chi connectivity index (χ0n) is 16.8. The third kappa shape index (κ3) is 3.80. The minimum absolute atomic E-state index is 0.152. The van der Waals surface area contributed by atoms with Gasteiger partial charge in [-0.15, -0.1) is 0 Å². The van der Waals surface area contributed by atoms with E-state index in [0.717, 1.165) is 34.8 Å². The van der Waals surface area contributed by atoms with Crippen LogP contribution in [0.5, 0.6) is 0 Å². The Morgan fingerprint density at radius 3 is 2.83 bits per heavy atom. The van der Waals surface area contributed by atoms with E-state index in [9.17, 15) is 4.79 Å². The summed E-state index contributed by atoms with van der Waals surface area (Å²) in [5.74, 6) is 1.36. The Labute approximate surface area is 168 Å². The number of amides is 1. The van der Waals surface area contributed by atoms with Gasteiger partial charge in [0.15, 0.2) is 5.69 Å². The molecule has 0 aromatic carbocycles. The van der Waals surface area contributed by atoms with Gasteiger partial charge in [-0.1, -0.05) is 30.2 Å². The smallest absolute Gasteiger partial charge is 0.276 e. The molecule has 1 aliphatic rings. The van der Waals surface area contributed by atoms with Crippen molar-refractivity contribution in [1.29, 1.82) is 0 Å². The molecule has 1 saturated heterocycles. The van der Waals surface area contributed by atoms with Crippen molar-refractivity contribution in [3.63, 3.8) is 0 Å². The van der Waals surface area contributed by atoms with Gasteiger partial charge >= 0.3 is 0 Å². The van der Waals surface area contributed by atoms with Crippen LogP contribution >= 0.6 is 0 Å². The number of pyridine rings is 1. The first kappa shape index (κ1) is 19.3. The fourth-order valence-corrected chi connectivity index (χ4v) is 3.51. The summed E-state index contributed by atoms with van der Waals surface area (Å²) in [4.78, 5) is 19.3. The van der Waals surface area contributed by atoms with Crippen LogP contribution < -0.4 is 0 Å². The maximum atomic E-state index is 12.8. The fraction of sp³-hybridized carbons (Fsp3) is 0.429. The van der Waals surface area contributed by atoms with Crippen LogP contribution in [0.1, 0.15) is 53.3 Å². The second-order valence-corrected chi connectivity index (χ2v) is 7.01. The molecule has 8 nitrogen and oxygen atoms in total. The van der Waals surface area contributed by atoms with E-state index in [2.05, 4.69) is 10.3 Å². The lowest BCUT2D eigenvalue weighted by Gasteiger charge is -2.32. The van der Waals surface area contributed by atoms with E-state index in [1.165, 1.54) is 0 Å². The van der Waals surface area contributed by atoms with Crippen LogP contribution in [0.25, 0.3) is 11.3 Å². The van der Waals surface area contributed by atoms with E-state index in [-0.39, 0.29) is 12.0 Å². The second kappa shape index (κ2) is 8.16. The van der Waals surface area contributed by atoms with E-state index in [4.69, 9.17) is 18.8 Å². The highest BCUT2D eigenvalue weighted by Crippen LogP contribution is 2.29. The summed E-state index contributed by atoms with van der Waals surface area (Å²) in [5, 5.41) is 7.97. The zero-order valence-corrected chi connectivity index (χ0v) is 16.8. The molecule has 152 valence electrons. The van der Waals surface area contributed by atoms with Crippen molar-refractivity contribution < 1.29 is 18.6 Å². The first-order valence-electron chi connectivity index (χ1n) is 9.89. The molecular weight excluding hydrogens is 372 g/mol. The third-order valence-corrected chi connectivity index (χ3v) is 5.09. The minimum Gasteiger partial charge on any atom is -0.368 e. The number of carbonyl (C=O) groups is 1. The molecule has 3 aromatic heterocycles. The summed E-state index contributed by atoms with van der Waals surface area (Å²) in [6.07, 6.45) is 1.13. The molecule has 0 radical (unpaired) electrons. The Balaban J connectivity index is 1.55. The lowest BCUT2D eigenvalue weighted by molar-refractivity contribution is -0.0249. The largest absolute Gasteiger partial charge is 0.368 e. The van der Waals surface area contributed by atoms with Gasteiger partial charge < -0.3 is 18.7 Å². The maximum absolute atomic E-state index is 12.8. The van der Waals surface area contributed by atoms with Gasteiger partial charge in [0, 0.05) is 25.5 Å². The van der Waals surface area contributed by atoms with E-state index >= 15 is 0 Å². The van der Waals surface area contributed by atoms with Crippen molar-refractivity contribution in [2.45, 2.75) is 39.7 Å². The third-order valence-electron chi connectivity index (χ3n) is 5.09. The molecule has 4 rings (SSSR count). The second-order valence-electron chi connectivity index (χ2n) is 7.01. The van der Waals surface area contributed by atoms with Crippen molar-refractivity contribution in [3.05, 3.63) is 52.9 Å². The number of aryl methyl sites for hydroxylation is 3. The van der Waals surface area contributed by atoms with Gasteiger partial charge in [0.05, 0.1) is 35.8 Å². The van der Waals surface area contributed by atoms with Crippen LogP contribution in [0.3, 0.4) is 0 Å². The highest BCUT2D eigenvalue weighted by Gasteiger charge is 2.29. The van der Waals surface area contributed by atoms with Crippen molar-refractivity contribution in [2.24, 2.45) is 0 Å². The average Bonchev–Trinajstić information content (AvgIpc) is 3.39. The zero-order chi connectivity index (χ0) is 20.4. The molecule has 29 heavy (non-hydrogen) atoms. The number of ether oxygens (including phenoxy) is 1. The van der Waals surface area contributed by atoms with Crippen LogP contribution in [0.2, 0.25) is 0 Å². The molecule has 0 spiro atoms. The molecule has 1 amide bonds. The van der Waals surface area contributed by atoms with Gasteiger partial charge in [-0.25, -0.2) is 4.98 Å². The Bertz CT molecular complexity index is 1010. The van der Waals surface area contributed by atoms with E-state index in [1.807, 2.05) is 39.0 Å². The molecule has 8 heteroatoms. The van der Waals surface area contributed by atoms with Gasteiger partial charge in [0.25, 0.3) is 5.91 Å². The Hall–Kier alpha value is -3.00. The summed E-state index contributed by atoms with van der Waals surface area (Å²) in [7, 11) is 0. The van der Waals surface area contributed by atoms with E-state index < -0.39 is 0 Å². The molecule has 0 bridgehead atoms. The van der Waals surface area contributed by atoms with Crippen molar-refractivity contribution in [1.82, 2.24) is 20.2 Å². The van der Waals surface area contributed by atoms with Gasteiger partial charge in [-0.3, -0.25) is 4.79 Å². The number of carbonyl (C=O) groups excluding carboxylic acids is 1. The van der Waals surface area contributed by atoms with Crippen LogP contribution in [-0.4, -0.2) is 45.8 Å². The predicted molar refractivity (Wildman–Crippen MR) is 104 cm³/mol. The fourth-order valence-electron chi connectivity index (χ4n) is 3.51. The number of aromatic nitrogens is 3. The number of nitrogens with zero attached hydrogens (tertiary/aromatic N) is 4. The quantitative estimate of drug-likeness (QED) is 0.652. The Kier molecular flexibility index (Phi) is 5.44. The number of hydrogen-bond acceptors (Lipinski definition) is 7. The molecule has 1 atom stereocenters. The van der Waals surface area contributed by atoms with Crippen LogP contribution in [-0.2, 0) is 17.6 Å². The van der Waals surface area contributed by atoms with Crippen molar-refractivity contribution in [2.75, 3.05) is 19.7 Å². The first-order chi connectivity index (χ1) is 14.1. The van der Waals surface area contributed by atoms with Crippen molar-refractivity contribution >= 4 is 5.91 Å². The molecule has 0 saturated carbocycles. The highest BCUT2D eigenvalue weighted by atomic mass is 16.5. The number of rotatable bonds is 5. The summed E-state index contributed by atoms with van der Waals surface area (Å²) >= 11 is 0. The maximum Gasteiger partial charge on any atom is 0.276 e. The van der Waals surface area contributed by atoms with Gasteiger partial charge in [-0.2, -0.15) is 0 Å². The highest BCUT2D eigenvalue weighted by molar-refractivity contribution is 5.92. The van der Waals surface area contributed by atoms with Gasteiger partial charge in [0.1, 0.15) is 17.6 Å². The molecule has 1 fully saturated rings. The normalized spacial score (nSPS) is 16.9. The minimum atomic E-state index is -0.310. The number of morpholine rings is 1. The predicted octanol–water partition coefficient (Wildman–Crippen LogP) is 3.37. The molecular formula is C21H24N4O4. The summed E-state index contributed by atoms with van der Waals surface area (Å²) in [6, 6.07) is 7.50. The molecule has 4 heterocycles. The molecule has 0 unspecified atom stereocenters. The van der Waals surface area contributed by atoms with Crippen LogP contribution in [0.15, 0.2) is 33.3 Å². The lowest BCUT2D eigenvalue weighted by atomic mass is 10.1. The molecule has 1 aliphatic heterocycles. The summed E-state index contributed by atoms with van der Waals surface area (Å²) in [5.41, 5.74) is 3.64. The summed E-state index contributed by atoms with van der Waals surface area (Å²) < 4.78 is 16.5. The van der Waals surface area contributed by atoms with E-state index in [1.54, 1.807) is 11.0 Å². The Morgan fingerprint density at radius 2 is 2.07 bits per heavy atom. The Morgan fingerprint density at radius 1 is 1.21 bits per heavy atom. The SMILES string of the molecule is CCc1cc(C(=O)N2CCO[C@@H](c3cccc(-c4c(C)noc4CC)n3)C2)no1. The number of hydrogen-bond donors (Lipinski definition) is 0. The monoisotopic (exact) mass is 396 g/mol. The van der Waals surface area contributed by atoms with Gasteiger partial charge in [0.2, 0.25) is 0 Å². The van der Waals surface area contributed by atoms with Gasteiger partial charge in [-0.05, 0) is 19.1 Å². The molecule has 0 aliphatic carbocycles. The van der Waals surface area contributed by atoms with Crippen molar-refractivity contribution in [3.8, 4) is 11.3 Å². The van der Waals surface area contributed by atoms with Crippen LogP contribution in [0.4, 0.5) is 0 Å². The lowest BCUT2D eigenvalue weighted by Crippen LogP contribution is -2.42. The first-order valence-corrected chi connectivity index (χ1v) is 9.89. The molecule has 0 N–H and O–H groups in total. The standard InChI is InChI=1S/C21H24N4O4/c1-4-14-11-17(24-28-14)21(26)25-9-10-27-19(12-25)15-7-6-8-16(22-15)20-13(3)23-29-18(20)5-2/h6-8,11,19H,4-5,9-10,12H2,1-3H3/t19-/m1/s1.